The molecule has 0 aliphatic carbocycles. The van der Waals surface area contributed by atoms with E-state index in [2.05, 4.69) is 15.7 Å². The van der Waals surface area contributed by atoms with E-state index in [0.717, 1.165) is 17.0 Å². The number of urea groups is 1. The fraction of sp³-hybridized carbons (Fsp3) is 0.375. The van der Waals surface area contributed by atoms with Crippen molar-refractivity contribution in [2.24, 2.45) is 0 Å². The van der Waals surface area contributed by atoms with E-state index in [-0.39, 0.29) is 5.69 Å². The first-order valence-electron chi connectivity index (χ1n) is 7.34. The molecular weight excluding hydrogens is 299 g/mol. The fourth-order valence-electron chi connectivity index (χ4n) is 2.28. The van der Waals surface area contributed by atoms with E-state index in [9.17, 15) is 9.18 Å². The number of carbonyl (C=O) groups excluding carboxylic acids is 1. The second-order valence-corrected chi connectivity index (χ2v) is 5.15. The third-order valence-corrected chi connectivity index (χ3v) is 3.59. The number of amides is 2. The monoisotopic (exact) mass is 320 g/mol. The molecule has 0 saturated carbocycles. The Hall–Kier alpha value is -2.41. The molecule has 0 unspecified atom stereocenters. The highest BCUT2D eigenvalue weighted by molar-refractivity contribution is 5.89. The number of halogens is 1. The van der Waals surface area contributed by atoms with Crippen molar-refractivity contribution in [3.8, 4) is 0 Å². The standard InChI is InChI=1S/C16H21FN4O2/c1-11-13(12(2)21(20-11)8-9-23-3)10-18-16(22)19-15-7-5-4-6-14(15)17/h4-7H,8-10H2,1-3H3,(H2,18,19,22). The Labute approximate surface area is 134 Å². The summed E-state index contributed by atoms with van der Waals surface area (Å²) in [5.74, 6) is -0.470. The highest BCUT2D eigenvalue weighted by atomic mass is 19.1. The molecule has 7 heteroatoms. The smallest absolute Gasteiger partial charge is 0.319 e. The van der Waals surface area contributed by atoms with Crippen molar-refractivity contribution in [2.45, 2.75) is 26.9 Å². The molecular formula is C16H21FN4O2. The van der Waals surface area contributed by atoms with Gasteiger partial charge in [0.1, 0.15) is 5.82 Å². The third-order valence-electron chi connectivity index (χ3n) is 3.59. The number of benzene rings is 1. The van der Waals surface area contributed by atoms with Crippen LogP contribution in [-0.2, 0) is 17.8 Å². The number of para-hydroxylation sites is 1. The second kappa shape index (κ2) is 7.73. The Morgan fingerprint density at radius 3 is 2.78 bits per heavy atom. The molecule has 124 valence electrons. The number of carbonyl (C=O) groups is 1. The lowest BCUT2D eigenvalue weighted by molar-refractivity contribution is 0.182. The van der Waals surface area contributed by atoms with Crippen LogP contribution in [0.3, 0.4) is 0 Å². The van der Waals surface area contributed by atoms with Crippen LogP contribution in [-0.4, -0.2) is 29.5 Å². The number of nitrogens with zero attached hydrogens (tertiary/aromatic N) is 2. The first-order valence-corrected chi connectivity index (χ1v) is 7.34. The molecule has 0 spiro atoms. The van der Waals surface area contributed by atoms with Gasteiger partial charge in [0, 0.05) is 24.9 Å². The van der Waals surface area contributed by atoms with E-state index >= 15 is 0 Å². The maximum Gasteiger partial charge on any atom is 0.319 e. The summed E-state index contributed by atoms with van der Waals surface area (Å²) < 4.78 is 20.4. The van der Waals surface area contributed by atoms with E-state index < -0.39 is 11.8 Å². The molecule has 2 rings (SSSR count). The van der Waals surface area contributed by atoms with E-state index in [1.165, 1.54) is 12.1 Å². The van der Waals surface area contributed by atoms with Crippen LogP contribution in [0.15, 0.2) is 24.3 Å². The van der Waals surface area contributed by atoms with Crippen molar-refractivity contribution in [3.63, 3.8) is 0 Å². The third kappa shape index (κ3) is 4.29. The number of methoxy groups -OCH3 is 1. The zero-order valence-corrected chi connectivity index (χ0v) is 13.5. The van der Waals surface area contributed by atoms with E-state index in [1.54, 1.807) is 19.2 Å². The fourth-order valence-corrected chi connectivity index (χ4v) is 2.28. The summed E-state index contributed by atoms with van der Waals surface area (Å²) in [6, 6.07) is 5.57. The lowest BCUT2D eigenvalue weighted by atomic mass is 10.2. The Bertz CT molecular complexity index is 685. The number of aryl methyl sites for hydroxylation is 1. The summed E-state index contributed by atoms with van der Waals surface area (Å²) in [6.07, 6.45) is 0. The van der Waals surface area contributed by atoms with Crippen LogP contribution in [0.25, 0.3) is 0 Å². The summed E-state index contributed by atoms with van der Waals surface area (Å²) in [7, 11) is 1.64. The molecule has 0 saturated heterocycles. The number of nitrogens with one attached hydrogen (secondary N) is 2. The van der Waals surface area contributed by atoms with E-state index in [1.807, 2.05) is 18.5 Å². The van der Waals surface area contributed by atoms with Gasteiger partial charge in [-0.2, -0.15) is 5.10 Å². The van der Waals surface area contributed by atoms with Gasteiger partial charge in [-0.25, -0.2) is 9.18 Å². The van der Waals surface area contributed by atoms with E-state index in [4.69, 9.17) is 4.74 Å². The molecule has 2 amide bonds. The number of aromatic nitrogens is 2. The van der Waals surface area contributed by atoms with Gasteiger partial charge in [-0.1, -0.05) is 12.1 Å². The van der Waals surface area contributed by atoms with Gasteiger partial charge >= 0.3 is 6.03 Å². The van der Waals surface area contributed by atoms with Gasteiger partial charge in [0.05, 0.1) is 24.5 Å². The summed E-state index contributed by atoms with van der Waals surface area (Å²) in [5.41, 5.74) is 2.93. The lowest BCUT2D eigenvalue weighted by Crippen LogP contribution is -2.29. The molecule has 2 aromatic rings. The van der Waals surface area contributed by atoms with Gasteiger partial charge in [-0.05, 0) is 26.0 Å². The van der Waals surface area contributed by atoms with Crippen LogP contribution in [0, 0.1) is 19.7 Å². The topological polar surface area (TPSA) is 68.2 Å². The average molecular weight is 320 g/mol. The van der Waals surface area contributed by atoms with Crippen LogP contribution < -0.4 is 10.6 Å². The summed E-state index contributed by atoms with van der Waals surface area (Å²) in [6.45, 7) is 5.39. The number of anilines is 1. The normalized spacial score (nSPS) is 10.6. The first-order chi connectivity index (χ1) is 11.0. The number of ether oxygens (including phenoxy) is 1. The van der Waals surface area contributed by atoms with Crippen molar-refractivity contribution >= 4 is 11.7 Å². The van der Waals surface area contributed by atoms with Crippen LogP contribution >= 0.6 is 0 Å². The molecule has 0 atom stereocenters. The predicted molar refractivity (Wildman–Crippen MR) is 85.8 cm³/mol. The van der Waals surface area contributed by atoms with Gasteiger partial charge in [0.15, 0.2) is 0 Å². The van der Waals surface area contributed by atoms with Gasteiger partial charge in [0.25, 0.3) is 0 Å². The zero-order valence-electron chi connectivity index (χ0n) is 13.5. The van der Waals surface area contributed by atoms with Crippen LogP contribution in [0.5, 0.6) is 0 Å². The van der Waals surface area contributed by atoms with Crippen LogP contribution in [0.4, 0.5) is 14.9 Å². The molecule has 23 heavy (non-hydrogen) atoms. The van der Waals surface area contributed by atoms with E-state index in [0.29, 0.717) is 19.7 Å². The molecule has 1 aromatic heterocycles. The van der Waals surface area contributed by atoms with Gasteiger partial charge < -0.3 is 15.4 Å². The molecule has 0 radical (unpaired) electrons. The largest absolute Gasteiger partial charge is 0.383 e. The molecule has 0 aliphatic heterocycles. The molecule has 1 heterocycles. The molecule has 1 aromatic carbocycles. The Morgan fingerprint density at radius 2 is 2.09 bits per heavy atom. The van der Waals surface area contributed by atoms with Crippen molar-refractivity contribution in [1.29, 1.82) is 0 Å². The lowest BCUT2D eigenvalue weighted by Gasteiger charge is -2.09. The minimum atomic E-state index is -0.470. The Balaban J connectivity index is 1.96. The minimum Gasteiger partial charge on any atom is -0.383 e. The van der Waals surface area contributed by atoms with Crippen molar-refractivity contribution in [2.75, 3.05) is 19.0 Å². The average Bonchev–Trinajstić information content (AvgIpc) is 2.79. The number of rotatable bonds is 6. The summed E-state index contributed by atoms with van der Waals surface area (Å²) >= 11 is 0. The van der Waals surface area contributed by atoms with Crippen molar-refractivity contribution in [3.05, 3.63) is 47.0 Å². The number of hydrogen-bond acceptors (Lipinski definition) is 3. The minimum absolute atomic E-state index is 0.147. The van der Waals surface area contributed by atoms with Crippen LogP contribution in [0.1, 0.15) is 17.0 Å². The maximum absolute atomic E-state index is 13.5. The van der Waals surface area contributed by atoms with Crippen LogP contribution in [0.2, 0.25) is 0 Å². The molecule has 0 fully saturated rings. The maximum atomic E-state index is 13.5. The molecule has 6 nitrogen and oxygen atoms in total. The molecule has 0 bridgehead atoms. The number of hydrogen-bond donors (Lipinski definition) is 2. The Kier molecular flexibility index (Phi) is 5.70. The zero-order chi connectivity index (χ0) is 16.8. The van der Waals surface area contributed by atoms with Gasteiger partial charge in [-0.15, -0.1) is 0 Å². The highest BCUT2D eigenvalue weighted by Gasteiger charge is 2.13. The summed E-state index contributed by atoms with van der Waals surface area (Å²) in [4.78, 5) is 11.9. The quantitative estimate of drug-likeness (QED) is 0.859. The molecule has 0 aliphatic rings. The van der Waals surface area contributed by atoms with Gasteiger partial charge in [-0.3, -0.25) is 4.68 Å². The summed E-state index contributed by atoms with van der Waals surface area (Å²) in [5, 5.41) is 9.64. The van der Waals surface area contributed by atoms with Crippen molar-refractivity contribution in [1.82, 2.24) is 15.1 Å². The SMILES string of the molecule is COCCn1nc(C)c(CNC(=O)Nc2ccccc2F)c1C. The highest BCUT2D eigenvalue weighted by Crippen LogP contribution is 2.14. The first kappa shape index (κ1) is 17.0. The Morgan fingerprint density at radius 1 is 1.35 bits per heavy atom. The second-order valence-electron chi connectivity index (χ2n) is 5.15. The molecule has 2 N–H and O–H groups in total. The predicted octanol–water partition coefficient (Wildman–Crippen LogP) is 2.61. The van der Waals surface area contributed by atoms with Gasteiger partial charge in [0.2, 0.25) is 0 Å². The van der Waals surface area contributed by atoms with Crippen molar-refractivity contribution < 1.29 is 13.9 Å².